The van der Waals surface area contributed by atoms with Crippen LogP contribution in [0.3, 0.4) is 0 Å². The topological polar surface area (TPSA) is 130 Å². The second-order valence-electron chi connectivity index (χ2n) is 3.18. The Morgan fingerprint density at radius 3 is 2.33 bits per heavy atom. The number of aromatic nitrogens is 2. The summed E-state index contributed by atoms with van der Waals surface area (Å²) < 4.78 is 0. The minimum atomic E-state index is -1.63. The van der Waals surface area contributed by atoms with Gasteiger partial charge in [-0.1, -0.05) is 0 Å². The van der Waals surface area contributed by atoms with Crippen LogP contribution in [0.1, 0.15) is 11.8 Å². The molecule has 0 unspecified atom stereocenters. The van der Waals surface area contributed by atoms with E-state index in [0.717, 1.165) is 0 Å². The first-order valence-corrected chi connectivity index (χ1v) is 4.39. The van der Waals surface area contributed by atoms with Gasteiger partial charge in [0, 0.05) is 0 Å². The average molecular weight is 218 g/mol. The molecule has 6 N–H and O–H groups in total. The summed E-state index contributed by atoms with van der Waals surface area (Å²) >= 11 is 0. The summed E-state index contributed by atoms with van der Waals surface area (Å²) in [6.45, 7) is -0.700. The monoisotopic (exact) mass is 218 g/mol. The van der Waals surface area contributed by atoms with Crippen LogP contribution in [-0.4, -0.2) is 60.4 Å². The fourth-order valence-corrected chi connectivity index (χ4v) is 1.13. The molecule has 0 saturated heterocycles. The molecular weight excluding hydrogens is 204 g/mol. The second kappa shape index (κ2) is 5.19. The predicted molar refractivity (Wildman–Crippen MR) is 48.7 cm³/mol. The van der Waals surface area contributed by atoms with Gasteiger partial charge >= 0.3 is 0 Å². The van der Waals surface area contributed by atoms with Crippen LogP contribution in [0.4, 0.5) is 0 Å². The van der Waals surface area contributed by atoms with Crippen molar-refractivity contribution in [1.82, 2.24) is 9.97 Å². The third kappa shape index (κ3) is 2.74. The van der Waals surface area contributed by atoms with E-state index in [1.54, 1.807) is 0 Å². The SMILES string of the molecule is OC[C@@H](O)[C@@H](O)[C@@H](O)[C@H](O)c1cnc[nH]1. The fraction of sp³-hybridized carbons (Fsp3) is 0.625. The zero-order valence-corrected chi connectivity index (χ0v) is 7.85. The lowest BCUT2D eigenvalue weighted by Gasteiger charge is -2.24. The van der Waals surface area contributed by atoms with Gasteiger partial charge in [-0.2, -0.15) is 0 Å². The van der Waals surface area contributed by atoms with Crippen molar-refractivity contribution in [3.8, 4) is 0 Å². The van der Waals surface area contributed by atoms with Crippen molar-refractivity contribution in [2.45, 2.75) is 24.4 Å². The van der Waals surface area contributed by atoms with Crippen molar-refractivity contribution in [2.75, 3.05) is 6.61 Å². The Kier molecular flexibility index (Phi) is 4.18. The summed E-state index contributed by atoms with van der Waals surface area (Å²) in [6.07, 6.45) is -3.55. The van der Waals surface area contributed by atoms with E-state index in [1.807, 2.05) is 0 Å². The summed E-state index contributed by atoms with van der Waals surface area (Å²) in [7, 11) is 0. The molecule has 0 aliphatic rings. The number of aliphatic hydroxyl groups is 5. The van der Waals surface area contributed by atoms with Crippen LogP contribution < -0.4 is 0 Å². The molecule has 0 aromatic carbocycles. The minimum absolute atomic E-state index is 0.215. The van der Waals surface area contributed by atoms with Crippen molar-refractivity contribution in [2.24, 2.45) is 0 Å². The van der Waals surface area contributed by atoms with Gasteiger partial charge < -0.3 is 30.5 Å². The van der Waals surface area contributed by atoms with Crippen LogP contribution in [0, 0.1) is 0 Å². The molecule has 0 amide bonds. The Bertz CT molecular complexity index is 279. The molecule has 4 atom stereocenters. The quantitative estimate of drug-likeness (QED) is 0.324. The van der Waals surface area contributed by atoms with Gasteiger partial charge in [-0.05, 0) is 0 Å². The number of nitrogens with zero attached hydrogens (tertiary/aromatic N) is 1. The third-order valence-corrected chi connectivity index (χ3v) is 2.09. The molecule has 1 heterocycles. The zero-order chi connectivity index (χ0) is 11.4. The van der Waals surface area contributed by atoms with Crippen LogP contribution in [0.15, 0.2) is 12.5 Å². The highest BCUT2D eigenvalue weighted by atomic mass is 16.4. The van der Waals surface area contributed by atoms with Crippen LogP contribution in [-0.2, 0) is 0 Å². The standard InChI is InChI=1S/C8H14N2O5/c11-2-5(12)7(14)8(15)6(13)4-1-9-3-10-4/h1,3,5-8,11-15H,2H2,(H,9,10)/t5-,6-,7-,8+/m1/s1. The number of hydrogen-bond donors (Lipinski definition) is 6. The molecule has 86 valence electrons. The molecule has 1 aromatic heterocycles. The Morgan fingerprint density at radius 1 is 1.20 bits per heavy atom. The van der Waals surface area contributed by atoms with E-state index >= 15 is 0 Å². The van der Waals surface area contributed by atoms with Crippen LogP contribution >= 0.6 is 0 Å². The van der Waals surface area contributed by atoms with Gasteiger partial charge in [-0.3, -0.25) is 0 Å². The summed E-state index contributed by atoms with van der Waals surface area (Å²) in [5.74, 6) is 0. The normalized spacial score (nSPS) is 19.5. The molecule has 15 heavy (non-hydrogen) atoms. The molecule has 0 aliphatic carbocycles. The summed E-state index contributed by atoms with van der Waals surface area (Å²) in [4.78, 5) is 6.18. The summed E-state index contributed by atoms with van der Waals surface area (Å²) in [6, 6.07) is 0. The third-order valence-electron chi connectivity index (χ3n) is 2.09. The first kappa shape index (κ1) is 12.1. The number of H-pyrrole nitrogens is 1. The molecule has 1 rings (SSSR count). The van der Waals surface area contributed by atoms with E-state index in [4.69, 9.17) is 10.2 Å². The molecule has 0 fully saturated rings. The van der Waals surface area contributed by atoms with Crippen molar-refractivity contribution < 1.29 is 25.5 Å². The van der Waals surface area contributed by atoms with Crippen molar-refractivity contribution >= 4 is 0 Å². The van der Waals surface area contributed by atoms with Gasteiger partial charge in [-0.15, -0.1) is 0 Å². The first-order chi connectivity index (χ1) is 7.07. The zero-order valence-electron chi connectivity index (χ0n) is 7.85. The van der Waals surface area contributed by atoms with Gasteiger partial charge in [0.2, 0.25) is 0 Å². The second-order valence-corrected chi connectivity index (χ2v) is 3.18. The Hall–Kier alpha value is -0.990. The van der Waals surface area contributed by atoms with E-state index in [1.165, 1.54) is 12.5 Å². The van der Waals surface area contributed by atoms with Gasteiger partial charge in [0.15, 0.2) is 0 Å². The Balaban J connectivity index is 2.64. The first-order valence-electron chi connectivity index (χ1n) is 4.39. The largest absolute Gasteiger partial charge is 0.394 e. The highest BCUT2D eigenvalue weighted by Crippen LogP contribution is 2.17. The average Bonchev–Trinajstić information content (AvgIpc) is 2.78. The maximum atomic E-state index is 9.52. The lowest BCUT2D eigenvalue weighted by Crippen LogP contribution is -2.42. The van der Waals surface area contributed by atoms with Crippen molar-refractivity contribution in [3.05, 3.63) is 18.2 Å². The molecule has 0 radical (unpaired) electrons. The van der Waals surface area contributed by atoms with Crippen molar-refractivity contribution in [1.29, 1.82) is 0 Å². The van der Waals surface area contributed by atoms with E-state index in [9.17, 15) is 15.3 Å². The summed E-state index contributed by atoms with van der Waals surface area (Å²) in [5.41, 5.74) is 0.215. The Morgan fingerprint density at radius 2 is 1.87 bits per heavy atom. The lowest BCUT2D eigenvalue weighted by molar-refractivity contribution is -0.117. The van der Waals surface area contributed by atoms with Gasteiger partial charge in [0.25, 0.3) is 0 Å². The van der Waals surface area contributed by atoms with E-state index < -0.39 is 31.0 Å². The molecule has 0 saturated carbocycles. The minimum Gasteiger partial charge on any atom is -0.394 e. The molecule has 7 nitrogen and oxygen atoms in total. The maximum Gasteiger partial charge on any atom is 0.124 e. The van der Waals surface area contributed by atoms with Crippen LogP contribution in [0.2, 0.25) is 0 Å². The van der Waals surface area contributed by atoms with E-state index in [0.29, 0.717) is 0 Å². The summed E-state index contributed by atoms with van der Waals surface area (Å²) in [5, 5.41) is 45.9. The Labute approximate surface area is 85.7 Å². The smallest absolute Gasteiger partial charge is 0.124 e. The number of imidazole rings is 1. The van der Waals surface area contributed by atoms with Gasteiger partial charge in [0.05, 0.1) is 24.8 Å². The lowest BCUT2D eigenvalue weighted by atomic mass is 10.0. The van der Waals surface area contributed by atoms with Gasteiger partial charge in [-0.25, -0.2) is 4.98 Å². The molecule has 0 aliphatic heterocycles. The number of rotatable bonds is 5. The molecule has 7 heteroatoms. The van der Waals surface area contributed by atoms with E-state index in [-0.39, 0.29) is 5.69 Å². The van der Waals surface area contributed by atoms with Gasteiger partial charge in [0.1, 0.15) is 24.4 Å². The van der Waals surface area contributed by atoms with Crippen LogP contribution in [0.5, 0.6) is 0 Å². The number of aliphatic hydroxyl groups excluding tert-OH is 5. The highest BCUT2D eigenvalue weighted by molar-refractivity contribution is 5.03. The van der Waals surface area contributed by atoms with Crippen LogP contribution in [0.25, 0.3) is 0 Å². The van der Waals surface area contributed by atoms with E-state index in [2.05, 4.69) is 9.97 Å². The molecular formula is C8H14N2O5. The highest BCUT2D eigenvalue weighted by Gasteiger charge is 2.31. The number of aromatic amines is 1. The number of nitrogens with one attached hydrogen (secondary N) is 1. The predicted octanol–water partition coefficient (Wildman–Crippen LogP) is -2.48. The molecule has 1 aromatic rings. The number of hydrogen-bond acceptors (Lipinski definition) is 6. The fourth-order valence-electron chi connectivity index (χ4n) is 1.13. The maximum absolute atomic E-state index is 9.52. The van der Waals surface area contributed by atoms with Crippen molar-refractivity contribution in [3.63, 3.8) is 0 Å². The molecule has 0 spiro atoms. The molecule has 0 bridgehead atoms.